The van der Waals surface area contributed by atoms with Crippen LogP contribution in [0.1, 0.15) is 18.4 Å². The van der Waals surface area contributed by atoms with Crippen LogP contribution in [-0.4, -0.2) is 13.0 Å². The van der Waals surface area contributed by atoms with Crippen LogP contribution >= 0.6 is 0 Å². The Hall–Kier alpha value is -1.55. The third kappa shape index (κ3) is 2.97. The molecule has 16 heavy (non-hydrogen) atoms. The first-order chi connectivity index (χ1) is 7.79. The van der Waals surface area contributed by atoms with Gasteiger partial charge in [-0.05, 0) is 30.5 Å². The van der Waals surface area contributed by atoms with E-state index in [1.54, 1.807) is 7.11 Å². The van der Waals surface area contributed by atoms with Crippen LogP contribution in [0.5, 0.6) is 5.75 Å². The fourth-order valence-corrected chi connectivity index (χ4v) is 1.38. The zero-order chi connectivity index (χ0) is 11.4. The lowest BCUT2D eigenvalue weighted by Crippen LogP contribution is -2.24. The third-order valence-electron chi connectivity index (χ3n) is 2.49. The first-order valence-corrected chi connectivity index (χ1v) is 5.34. The molecule has 1 aliphatic carbocycles. The van der Waals surface area contributed by atoms with Gasteiger partial charge in [-0.25, -0.2) is 5.48 Å². The normalized spacial score (nSPS) is 14.6. The van der Waals surface area contributed by atoms with Crippen LogP contribution in [-0.2, 0) is 16.2 Å². The molecule has 0 saturated heterocycles. The van der Waals surface area contributed by atoms with Crippen molar-refractivity contribution < 1.29 is 14.4 Å². The van der Waals surface area contributed by atoms with Crippen molar-refractivity contribution in [1.82, 2.24) is 5.48 Å². The van der Waals surface area contributed by atoms with Crippen molar-refractivity contribution in [3.8, 4) is 5.75 Å². The summed E-state index contributed by atoms with van der Waals surface area (Å²) in [6, 6.07) is 7.56. The monoisotopic (exact) mass is 221 g/mol. The van der Waals surface area contributed by atoms with Gasteiger partial charge in [0.15, 0.2) is 0 Å². The van der Waals surface area contributed by atoms with Crippen LogP contribution in [0, 0.1) is 5.92 Å². The second kappa shape index (κ2) is 4.99. The van der Waals surface area contributed by atoms with Gasteiger partial charge in [0.25, 0.3) is 0 Å². The van der Waals surface area contributed by atoms with E-state index in [4.69, 9.17) is 9.57 Å². The highest BCUT2D eigenvalue weighted by Crippen LogP contribution is 2.28. The quantitative estimate of drug-likeness (QED) is 0.769. The fraction of sp³-hybridized carbons (Fsp3) is 0.417. The average Bonchev–Trinajstić information content (AvgIpc) is 3.13. The molecule has 1 fully saturated rings. The first-order valence-electron chi connectivity index (χ1n) is 5.34. The van der Waals surface area contributed by atoms with Crippen molar-refractivity contribution >= 4 is 5.91 Å². The summed E-state index contributed by atoms with van der Waals surface area (Å²) in [5.74, 6) is 0.947. The van der Waals surface area contributed by atoms with E-state index in [-0.39, 0.29) is 11.8 Å². The zero-order valence-corrected chi connectivity index (χ0v) is 9.23. The number of ether oxygens (including phenoxy) is 1. The molecule has 1 aliphatic rings. The minimum Gasteiger partial charge on any atom is -0.497 e. The highest BCUT2D eigenvalue weighted by Gasteiger charge is 2.29. The van der Waals surface area contributed by atoms with Gasteiger partial charge in [-0.2, -0.15) is 0 Å². The van der Waals surface area contributed by atoms with E-state index in [9.17, 15) is 4.79 Å². The number of carbonyl (C=O) groups excluding carboxylic acids is 1. The zero-order valence-electron chi connectivity index (χ0n) is 9.23. The largest absolute Gasteiger partial charge is 0.497 e. The van der Waals surface area contributed by atoms with E-state index in [0.29, 0.717) is 6.61 Å². The Labute approximate surface area is 94.5 Å². The summed E-state index contributed by atoms with van der Waals surface area (Å²) in [4.78, 5) is 16.4. The molecule has 1 aromatic carbocycles. The third-order valence-corrected chi connectivity index (χ3v) is 2.49. The molecular weight excluding hydrogens is 206 g/mol. The summed E-state index contributed by atoms with van der Waals surface area (Å²) >= 11 is 0. The van der Waals surface area contributed by atoms with Crippen LogP contribution in [0.3, 0.4) is 0 Å². The van der Waals surface area contributed by atoms with Gasteiger partial charge < -0.3 is 4.74 Å². The van der Waals surface area contributed by atoms with Crippen molar-refractivity contribution in [3.05, 3.63) is 29.8 Å². The smallest absolute Gasteiger partial charge is 0.246 e. The summed E-state index contributed by atoms with van der Waals surface area (Å²) < 4.78 is 5.09. The van der Waals surface area contributed by atoms with E-state index >= 15 is 0 Å². The summed E-state index contributed by atoms with van der Waals surface area (Å²) in [6.07, 6.45) is 1.96. The maximum Gasteiger partial charge on any atom is 0.246 e. The number of amides is 1. The number of carbonyl (C=O) groups is 1. The Kier molecular flexibility index (Phi) is 3.41. The van der Waals surface area contributed by atoms with Crippen LogP contribution in [0.4, 0.5) is 0 Å². The van der Waals surface area contributed by atoms with Crippen molar-refractivity contribution in [3.63, 3.8) is 0 Å². The second-order valence-electron chi connectivity index (χ2n) is 3.88. The fourth-order valence-electron chi connectivity index (χ4n) is 1.38. The predicted molar refractivity (Wildman–Crippen MR) is 58.6 cm³/mol. The van der Waals surface area contributed by atoms with Gasteiger partial charge in [0, 0.05) is 5.92 Å². The molecule has 4 heteroatoms. The molecule has 0 bridgehead atoms. The Morgan fingerprint density at radius 2 is 2.31 bits per heavy atom. The number of rotatable bonds is 5. The van der Waals surface area contributed by atoms with Crippen LogP contribution < -0.4 is 10.2 Å². The summed E-state index contributed by atoms with van der Waals surface area (Å²) in [6.45, 7) is 0.357. The van der Waals surface area contributed by atoms with Gasteiger partial charge in [0.1, 0.15) is 5.75 Å². The Morgan fingerprint density at radius 3 is 3.00 bits per heavy atom. The molecule has 0 unspecified atom stereocenters. The number of benzene rings is 1. The molecule has 4 nitrogen and oxygen atoms in total. The van der Waals surface area contributed by atoms with E-state index in [1.807, 2.05) is 24.3 Å². The maximum absolute atomic E-state index is 11.3. The minimum atomic E-state index is -0.0112. The molecule has 86 valence electrons. The standard InChI is InChI=1S/C12H15NO3/c1-15-11-4-2-3-9(7-11)8-16-13-12(14)10-5-6-10/h2-4,7,10H,5-6,8H2,1H3,(H,13,14). The molecule has 0 aliphatic heterocycles. The lowest BCUT2D eigenvalue weighted by Gasteiger charge is -2.06. The average molecular weight is 221 g/mol. The molecule has 1 saturated carbocycles. The molecule has 1 N–H and O–H groups in total. The number of nitrogens with one attached hydrogen (secondary N) is 1. The molecule has 1 amide bonds. The molecule has 2 rings (SSSR count). The molecule has 0 atom stereocenters. The molecule has 0 spiro atoms. The Morgan fingerprint density at radius 1 is 1.50 bits per heavy atom. The van der Waals surface area contributed by atoms with Gasteiger partial charge >= 0.3 is 0 Å². The van der Waals surface area contributed by atoms with E-state index in [1.165, 1.54) is 0 Å². The van der Waals surface area contributed by atoms with E-state index < -0.39 is 0 Å². The van der Waals surface area contributed by atoms with Gasteiger partial charge in [-0.3, -0.25) is 9.63 Å². The number of hydrogen-bond donors (Lipinski definition) is 1. The Balaban J connectivity index is 1.77. The van der Waals surface area contributed by atoms with Gasteiger partial charge in [-0.15, -0.1) is 0 Å². The topological polar surface area (TPSA) is 47.6 Å². The second-order valence-corrected chi connectivity index (χ2v) is 3.88. The number of methoxy groups -OCH3 is 1. The minimum absolute atomic E-state index is 0.0112. The van der Waals surface area contributed by atoms with Crippen molar-refractivity contribution in [2.45, 2.75) is 19.4 Å². The van der Waals surface area contributed by atoms with Crippen molar-refractivity contribution in [2.75, 3.05) is 7.11 Å². The first kappa shape index (κ1) is 11.0. The van der Waals surface area contributed by atoms with E-state index in [2.05, 4.69) is 5.48 Å². The molecule has 0 radical (unpaired) electrons. The molecule has 1 aromatic rings. The predicted octanol–water partition coefficient (Wildman–Crippen LogP) is 1.65. The SMILES string of the molecule is COc1cccc(CONC(=O)C2CC2)c1. The van der Waals surface area contributed by atoms with Crippen molar-refractivity contribution in [2.24, 2.45) is 5.92 Å². The number of hydroxylamine groups is 1. The van der Waals surface area contributed by atoms with Gasteiger partial charge in [0.2, 0.25) is 5.91 Å². The summed E-state index contributed by atoms with van der Waals surface area (Å²) in [5.41, 5.74) is 3.42. The summed E-state index contributed by atoms with van der Waals surface area (Å²) in [5, 5.41) is 0. The Bertz CT molecular complexity index is 374. The van der Waals surface area contributed by atoms with Crippen molar-refractivity contribution in [1.29, 1.82) is 0 Å². The van der Waals surface area contributed by atoms with Crippen LogP contribution in [0.15, 0.2) is 24.3 Å². The van der Waals surface area contributed by atoms with Gasteiger partial charge in [0.05, 0.1) is 13.7 Å². The molecular formula is C12H15NO3. The van der Waals surface area contributed by atoms with Crippen LogP contribution in [0.25, 0.3) is 0 Å². The van der Waals surface area contributed by atoms with E-state index in [0.717, 1.165) is 24.2 Å². The molecule has 0 aromatic heterocycles. The number of hydrogen-bond acceptors (Lipinski definition) is 3. The highest BCUT2D eigenvalue weighted by atomic mass is 16.6. The summed E-state index contributed by atoms with van der Waals surface area (Å²) in [7, 11) is 1.62. The molecule has 0 heterocycles. The highest BCUT2D eigenvalue weighted by molar-refractivity contribution is 5.79. The lowest BCUT2D eigenvalue weighted by atomic mass is 10.2. The van der Waals surface area contributed by atoms with Crippen LogP contribution in [0.2, 0.25) is 0 Å². The lowest BCUT2D eigenvalue weighted by molar-refractivity contribution is -0.135. The maximum atomic E-state index is 11.3. The van der Waals surface area contributed by atoms with Gasteiger partial charge in [-0.1, -0.05) is 12.1 Å².